The van der Waals surface area contributed by atoms with Crippen LogP contribution in [0.3, 0.4) is 0 Å². The third kappa shape index (κ3) is 5.97. The molecule has 0 fully saturated rings. The Bertz CT molecular complexity index is 574. The molecule has 0 bridgehead atoms. The van der Waals surface area contributed by atoms with Gasteiger partial charge < -0.3 is 5.73 Å². The Kier molecular flexibility index (Phi) is 7.70. The highest BCUT2D eigenvalue weighted by Crippen LogP contribution is 2.11. The molecule has 110 valence electrons. The molecule has 0 saturated heterocycles. The van der Waals surface area contributed by atoms with Gasteiger partial charge in [0.15, 0.2) is 0 Å². The van der Waals surface area contributed by atoms with Crippen molar-refractivity contribution in [2.24, 2.45) is 5.73 Å². The number of sulfonamides is 1. The topological polar surface area (TPSA) is 72.2 Å². The predicted octanol–water partition coefficient (Wildman–Crippen LogP) is 1.42. The monoisotopic (exact) mass is 312 g/mol. The number of thioether (sulfide) groups is 1. The van der Waals surface area contributed by atoms with Crippen LogP contribution in [0.25, 0.3) is 0 Å². The second kappa shape index (κ2) is 9.03. The van der Waals surface area contributed by atoms with Crippen molar-refractivity contribution in [3.63, 3.8) is 0 Å². The first-order valence-electron chi connectivity index (χ1n) is 6.38. The Balaban J connectivity index is 2.67. The Hall–Kier alpha value is -1.00. The highest BCUT2D eigenvalue weighted by atomic mass is 32.2. The molecule has 6 heteroatoms. The van der Waals surface area contributed by atoms with E-state index in [-0.39, 0.29) is 11.4 Å². The van der Waals surface area contributed by atoms with Crippen LogP contribution in [0, 0.1) is 11.8 Å². The molecule has 0 aliphatic heterocycles. The zero-order valence-electron chi connectivity index (χ0n) is 11.6. The normalized spacial score (nSPS) is 10.9. The fraction of sp³-hybridized carbons (Fsp3) is 0.429. The Labute approximate surface area is 125 Å². The second-order valence-corrected chi connectivity index (χ2v) is 6.88. The molecule has 20 heavy (non-hydrogen) atoms. The molecule has 0 unspecified atom stereocenters. The average molecular weight is 312 g/mol. The number of nitrogens with two attached hydrogens (primary N) is 1. The summed E-state index contributed by atoms with van der Waals surface area (Å²) in [6, 6.07) is 6.58. The van der Waals surface area contributed by atoms with Crippen LogP contribution in [0.15, 0.2) is 29.2 Å². The van der Waals surface area contributed by atoms with Gasteiger partial charge in [0.25, 0.3) is 0 Å². The summed E-state index contributed by atoms with van der Waals surface area (Å²) in [5, 5.41) is 0. The number of benzene rings is 1. The van der Waals surface area contributed by atoms with Crippen LogP contribution >= 0.6 is 11.8 Å². The number of unbranched alkanes of at least 4 members (excludes halogenated alkanes) is 1. The maximum atomic E-state index is 12.1. The number of nitrogens with one attached hydrogen (secondary N) is 1. The third-order valence-electron chi connectivity index (χ3n) is 2.55. The Morgan fingerprint density at radius 2 is 2.15 bits per heavy atom. The van der Waals surface area contributed by atoms with E-state index in [2.05, 4.69) is 16.6 Å². The summed E-state index contributed by atoms with van der Waals surface area (Å²) in [6.07, 6.45) is 3.89. The SMILES string of the molecule is CSCCCCNS(=O)(=O)c1cccc(C#CCN)c1. The first-order chi connectivity index (χ1) is 9.60. The molecule has 0 atom stereocenters. The number of rotatable bonds is 7. The molecular weight excluding hydrogens is 292 g/mol. The molecule has 1 aromatic carbocycles. The number of hydrogen-bond donors (Lipinski definition) is 2. The van der Waals surface area contributed by atoms with E-state index >= 15 is 0 Å². The van der Waals surface area contributed by atoms with Gasteiger partial charge in [-0.2, -0.15) is 11.8 Å². The van der Waals surface area contributed by atoms with Gasteiger partial charge in [-0.1, -0.05) is 17.9 Å². The van der Waals surface area contributed by atoms with Crippen molar-refractivity contribution in [3.05, 3.63) is 29.8 Å². The van der Waals surface area contributed by atoms with E-state index in [9.17, 15) is 8.42 Å². The lowest BCUT2D eigenvalue weighted by molar-refractivity contribution is 0.578. The van der Waals surface area contributed by atoms with E-state index in [4.69, 9.17) is 5.73 Å². The van der Waals surface area contributed by atoms with Gasteiger partial charge in [-0.3, -0.25) is 0 Å². The van der Waals surface area contributed by atoms with Gasteiger partial charge in [-0.05, 0) is 43.0 Å². The molecule has 0 radical (unpaired) electrons. The minimum Gasteiger partial charge on any atom is -0.320 e. The van der Waals surface area contributed by atoms with Crippen LogP contribution in [0.4, 0.5) is 0 Å². The van der Waals surface area contributed by atoms with Crippen LogP contribution in [0.1, 0.15) is 18.4 Å². The lowest BCUT2D eigenvalue weighted by Gasteiger charge is -2.06. The van der Waals surface area contributed by atoms with Crippen molar-refractivity contribution in [1.82, 2.24) is 4.72 Å². The van der Waals surface area contributed by atoms with Crippen molar-refractivity contribution in [2.45, 2.75) is 17.7 Å². The van der Waals surface area contributed by atoms with Gasteiger partial charge in [-0.25, -0.2) is 13.1 Å². The highest BCUT2D eigenvalue weighted by molar-refractivity contribution is 7.98. The molecule has 4 nitrogen and oxygen atoms in total. The molecule has 0 spiro atoms. The van der Waals surface area contributed by atoms with E-state index in [1.54, 1.807) is 36.0 Å². The third-order valence-corrected chi connectivity index (χ3v) is 4.70. The first kappa shape index (κ1) is 17.1. The Morgan fingerprint density at radius 1 is 1.35 bits per heavy atom. The summed E-state index contributed by atoms with van der Waals surface area (Å²) in [4.78, 5) is 0.242. The maximum Gasteiger partial charge on any atom is 0.240 e. The van der Waals surface area contributed by atoms with Crippen LogP contribution in [0.5, 0.6) is 0 Å². The molecule has 0 heterocycles. The lowest BCUT2D eigenvalue weighted by atomic mass is 10.2. The molecule has 1 rings (SSSR count). The molecule has 3 N–H and O–H groups in total. The quantitative estimate of drug-likeness (QED) is 0.590. The van der Waals surface area contributed by atoms with Crippen LogP contribution in [-0.2, 0) is 10.0 Å². The molecule has 0 aromatic heterocycles. The summed E-state index contributed by atoms with van der Waals surface area (Å²) in [5.74, 6) is 6.59. The second-order valence-electron chi connectivity index (χ2n) is 4.13. The smallest absolute Gasteiger partial charge is 0.240 e. The fourth-order valence-electron chi connectivity index (χ4n) is 1.56. The van der Waals surface area contributed by atoms with E-state index in [0.29, 0.717) is 12.1 Å². The highest BCUT2D eigenvalue weighted by Gasteiger charge is 2.13. The van der Waals surface area contributed by atoms with Gasteiger partial charge in [0.1, 0.15) is 0 Å². The van der Waals surface area contributed by atoms with Crippen molar-refractivity contribution >= 4 is 21.8 Å². The number of hydrogen-bond acceptors (Lipinski definition) is 4. The van der Waals surface area contributed by atoms with Gasteiger partial charge >= 0.3 is 0 Å². The zero-order chi connectivity index (χ0) is 14.8. The lowest BCUT2D eigenvalue weighted by Crippen LogP contribution is -2.24. The predicted molar refractivity (Wildman–Crippen MR) is 85.2 cm³/mol. The minimum atomic E-state index is -3.45. The van der Waals surface area contributed by atoms with Crippen molar-refractivity contribution in [1.29, 1.82) is 0 Å². The minimum absolute atomic E-state index is 0.242. The molecule has 0 aliphatic rings. The van der Waals surface area contributed by atoms with E-state index in [0.717, 1.165) is 18.6 Å². The fourth-order valence-corrected chi connectivity index (χ4v) is 3.17. The van der Waals surface area contributed by atoms with E-state index in [1.165, 1.54) is 0 Å². The molecule has 1 aromatic rings. The van der Waals surface area contributed by atoms with Crippen LogP contribution in [-0.4, -0.2) is 33.5 Å². The molecule has 0 aliphatic carbocycles. The Morgan fingerprint density at radius 3 is 2.85 bits per heavy atom. The van der Waals surface area contributed by atoms with Gasteiger partial charge in [0.2, 0.25) is 10.0 Å². The van der Waals surface area contributed by atoms with E-state index < -0.39 is 10.0 Å². The van der Waals surface area contributed by atoms with Crippen molar-refractivity contribution in [2.75, 3.05) is 25.1 Å². The maximum absolute atomic E-state index is 12.1. The molecular formula is C14H20N2O2S2. The molecule has 0 amide bonds. The van der Waals surface area contributed by atoms with E-state index in [1.807, 2.05) is 6.26 Å². The van der Waals surface area contributed by atoms with Gasteiger partial charge in [-0.15, -0.1) is 0 Å². The largest absolute Gasteiger partial charge is 0.320 e. The molecule has 0 saturated carbocycles. The summed E-state index contributed by atoms with van der Waals surface area (Å²) < 4.78 is 26.8. The first-order valence-corrected chi connectivity index (χ1v) is 9.25. The summed E-state index contributed by atoms with van der Waals surface area (Å²) >= 11 is 1.76. The average Bonchev–Trinajstić information content (AvgIpc) is 2.45. The standard InChI is InChI=1S/C14H20N2O2S2/c1-19-11-3-2-10-16-20(17,18)14-8-4-6-13(12-14)7-5-9-15/h4,6,8,12,16H,2-3,9-11,15H2,1H3. The zero-order valence-corrected chi connectivity index (χ0v) is 13.2. The van der Waals surface area contributed by atoms with Crippen LogP contribution in [0.2, 0.25) is 0 Å². The van der Waals surface area contributed by atoms with Gasteiger partial charge in [0.05, 0.1) is 11.4 Å². The van der Waals surface area contributed by atoms with Crippen molar-refractivity contribution in [3.8, 4) is 11.8 Å². The summed E-state index contributed by atoms with van der Waals surface area (Å²) in [7, 11) is -3.45. The van der Waals surface area contributed by atoms with Gasteiger partial charge in [0, 0.05) is 12.1 Å². The summed E-state index contributed by atoms with van der Waals surface area (Å²) in [5.41, 5.74) is 5.95. The summed E-state index contributed by atoms with van der Waals surface area (Å²) in [6.45, 7) is 0.715. The van der Waals surface area contributed by atoms with Crippen LogP contribution < -0.4 is 10.5 Å². The van der Waals surface area contributed by atoms with Crippen molar-refractivity contribution < 1.29 is 8.42 Å².